The summed E-state index contributed by atoms with van der Waals surface area (Å²) >= 11 is 0. The fraction of sp³-hybridized carbons (Fsp3) is 0.167. The van der Waals surface area contributed by atoms with E-state index in [2.05, 4.69) is 5.32 Å². The van der Waals surface area contributed by atoms with E-state index in [0.717, 1.165) is 28.0 Å². The van der Waals surface area contributed by atoms with Crippen LogP contribution in [0.25, 0.3) is 21.7 Å². The van der Waals surface area contributed by atoms with Crippen molar-refractivity contribution in [2.24, 2.45) is 0 Å². The highest BCUT2D eigenvalue weighted by atomic mass is 16.3. The van der Waals surface area contributed by atoms with Gasteiger partial charge in [0, 0.05) is 22.9 Å². The van der Waals surface area contributed by atoms with Crippen molar-refractivity contribution in [3.8, 4) is 0 Å². The lowest BCUT2D eigenvalue weighted by Crippen LogP contribution is -2.39. The first-order valence-corrected chi connectivity index (χ1v) is 7.40. The molecule has 2 aromatic carbocycles. The van der Waals surface area contributed by atoms with Crippen molar-refractivity contribution in [2.75, 3.05) is 0 Å². The standard InChI is InChI=1S/C18H13NO4/c20-8-10-1-3-12-11(7-10)2-5-15-17(12)14(9-23-15)13-4-6-16(21)19-18(13)22/h1-3,5,7-9,13H,4,6H2,(H,19,21,22). The quantitative estimate of drug-likeness (QED) is 0.583. The molecule has 0 aliphatic carbocycles. The molecule has 114 valence electrons. The number of amides is 2. The van der Waals surface area contributed by atoms with Crippen LogP contribution in [0.2, 0.25) is 0 Å². The number of carbonyl (C=O) groups is 3. The number of aldehydes is 1. The third kappa shape index (κ3) is 2.12. The van der Waals surface area contributed by atoms with Gasteiger partial charge >= 0.3 is 0 Å². The zero-order chi connectivity index (χ0) is 16.0. The number of carbonyl (C=O) groups excluding carboxylic acids is 3. The highest BCUT2D eigenvalue weighted by Crippen LogP contribution is 2.36. The number of hydrogen-bond donors (Lipinski definition) is 1. The minimum absolute atomic E-state index is 0.237. The van der Waals surface area contributed by atoms with Gasteiger partial charge in [0.25, 0.3) is 0 Å². The van der Waals surface area contributed by atoms with Crippen LogP contribution in [0, 0.1) is 0 Å². The summed E-state index contributed by atoms with van der Waals surface area (Å²) in [5, 5.41) is 5.10. The minimum atomic E-state index is -0.398. The van der Waals surface area contributed by atoms with Gasteiger partial charge in [0.05, 0.1) is 12.2 Å². The lowest BCUT2D eigenvalue weighted by atomic mass is 9.88. The number of fused-ring (bicyclic) bond motifs is 3. The van der Waals surface area contributed by atoms with Crippen molar-refractivity contribution in [3.63, 3.8) is 0 Å². The largest absolute Gasteiger partial charge is 0.464 e. The molecule has 23 heavy (non-hydrogen) atoms. The lowest BCUT2D eigenvalue weighted by Gasteiger charge is -2.20. The fourth-order valence-electron chi connectivity index (χ4n) is 3.23. The second-order valence-corrected chi connectivity index (χ2v) is 5.73. The molecule has 1 fully saturated rings. The molecule has 1 aromatic heterocycles. The molecule has 1 N–H and O–H groups in total. The lowest BCUT2D eigenvalue weighted by molar-refractivity contribution is -0.134. The van der Waals surface area contributed by atoms with Crippen LogP contribution in [-0.4, -0.2) is 18.1 Å². The van der Waals surface area contributed by atoms with Crippen molar-refractivity contribution in [1.29, 1.82) is 0 Å². The van der Waals surface area contributed by atoms with E-state index in [0.29, 0.717) is 24.0 Å². The van der Waals surface area contributed by atoms with E-state index in [4.69, 9.17) is 4.42 Å². The topological polar surface area (TPSA) is 76.4 Å². The van der Waals surface area contributed by atoms with Crippen LogP contribution in [0.1, 0.15) is 34.7 Å². The summed E-state index contributed by atoms with van der Waals surface area (Å²) in [4.78, 5) is 34.5. The molecule has 0 bridgehead atoms. The molecule has 0 spiro atoms. The van der Waals surface area contributed by atoms with E-state index >= 15 is 0 Å². The summed E-state index contributed by atoms with van der Waals surface area (Å²) in [6, 6.07) is 9.15. The van der Waals surface area contributed by atoms with E-state index in [9.17, 15) is 14.4 Å². The Balaban J connectivity index is 1.94. The van der Waals surface area contributed by atoms with Gasteiger partial charge in [-0.15, -0.1) is 0 Å². The Hall–Kier alpha value is -2.95. The van der Waals surface area contributed by atoms with E-state index in [1.54, 1.807) is 12.3 Å². The van der Waals surface area contributed by atoms with Crippen molar-refractivity contribution in [1.82, 2.24) is 5.32 Å². The molecule has 5 nitrogen and oxygen atoms in total. The first kappa shape index (κ1) is 13.7. The Labute approximate surface area is 131 Å². The van der Waals surface area contributed by atoms with E-state index in [-0.39, 0.29) is 11.8 Å². The molecule has 2 heterocycles. The molecule has 0 radical (unpaired) electrons. The van der Waals surface area contributed by atoms with Crippen molar-refractivity contribution < 1.29 is 18.8 Å². The SMILES string of the molecule is O=Cc1ccc2c(ccc3occ(C4CCC(=O)NC4=O)c32)c1. The average molecular weight is 307 g/mol. The Morgan fingerprint density at radius 1 is 1.17 bits per heavy atom. The highest BCUT2D eigenvalue weighted by molar-refractivity contribution is 6.11. The minimum Gasteiger partial charge on any atom is -0.464 e. The van der Waals surface area contributed by atoms with Crippen LogP contribution in [-0.2, 0) is 9.59 Å². The molecule has 0 saturated carbocycles. The van der Waals surface area contributed by atoms with Crippen LogP contribution < -0.4 is 5.32 Å². The number of nitrogens with one attached hydrogen (secondary N) is 1. The Bertz CT molecular complexity index is 970. The number of piperidine rings is 1. The van der Waals surface area contributed by atoms with Crippen molar-refractivity contribution >= 4 is 39.8 Å². The number of rotatable bonds is 2. The van der Waals surface area contributed by atoms with E-state index in [1.807, 2.05) is 24.3 Å². The molecule has 1 aliphatic rings. The van der Waals surface area contributed by atoms with Gasteiger partial charge in [-0.25, -0.2) is 0 Å². The smallest absolute Gasteiger partial charge is 0.234 e. The maximum absolute atomic E-state index is 12.2. The van der Waals surface area contributed by atoms with Gasteiger partial charge in [-0.05, 0) is 29.3 Å². The zero-order valence-corrected chi connectivity index (χ0v) is 12.2. The summed E-state index contributed by atoms with van der Waals surface area (Å²) in [6.45, 7) is 0. The molecule has 5 heteroatoms. The van der Waals surface area contributed by atoms with Crippen molar-refractivity contribution in [2.45, 2.75) is 18.8 Å². The van der Waals surface area contributed by atoms with Gasteiger partial charge in [0.2, 0.25) is 11.8 Å². The monoisotopic (exact) mass is 307 g/mol. The molecule has 1 aliphatic heterocycles. The van der Waals surface area contributed by atoms with Gasteiger partial charge in [-0.3, -0.25) is 19.7 Å². The molecule has 1 unspecified atom stereocenters. The zero-order valence-electron chi connectivity index (χ0n) is 12.2. The predicted octanol–water partition coefficient (Wildman–Crippen LogP) is 2.92. The molecular formula is C18H13NO4. The number of furan rings is 1. The Morgan fingerprint density at radius 3 is 2.83 bits per heavy atom. The van der Waals surface area contributed by atoms with Crippen LogP contribution in [0.5, 0.6) is 0 Å². The van der Waals surface area contributed by atoms with Gasteiger partial charge in [-0.2, -0.15) is 0 Å². The Kier molecular flexibility index (Phi) is 3.01. The van der Waals surface area contributed by atoms with Gasteiger partial charge in [0.15, 0.2) is 0 Å². The average Bonchev–Trinajstić information content (AvgIpc) is 2.98. The second kappa shape index (κ2) is 5.05. The normalized spacial score (nSPS) is 18.3. The maximum Gasteiger partial charge on any atom is 0.234 e. The van der Waals surface area contributed by atoms with Crippen LogP contribution in [0.3, 0.4) is 0 Å². The highest BCUT2D eigenvalue weighted by Gasteiger charge is 2.30. The second-order valence-electron chi connectivity index (χ2n) is 5.73. The van der Waals surface area contributed by atoms with Crippen LogP contribution >= 0.6 is 0 Å². The van der Waals surface area contributed by atoms with Gasteiger partial charge < -0.3 is 4.42 Å². The van der Waals surface area contributed by atoms with Gasteiger partial charge in [-0.1, -0.05) is 18.2 Å². The molecule has 4 rings (SSSR count). The summed E-state index contributed by atoms with van der Waals surface area (Å²) in [7, 11) is 0. The van der Waals surface area contributed by atoms with Crippen LogP contribution in [0.15, 0.2) is 41.0 Å². The molecule has 1 saturated heterocycles. The summed E-state index contributed by atoms with van der Waals surface area (Å²) in [6.07, 6.45) is 3.20. The first-order chi connectivity index (χ1) is 11.2. The van der Waals surface area contributed by atoms with Crippen LogP contribution in [0.4, 0.5) is 0 Å². The third-order valence-electron chi connectivity index (χ3n) is 4.36. The number of benzene rings is 2. The number of hydrogen-bond acceptors (Lipinski definition) is 4. The number of imide groups is 1. The Morgan fingerprint density at radius 2 is 2.04 bits per heavy atom. The van der Waals surface area contributed by atoms with Gasteiger partial charge in [0.1, 0.15) is 11.9 Å². The third-order valence-corrected chi connectivity index (χ3v) is 4.36. The predicted molar refractivity (Wildman–Crippen MR) is 84.2 cm³/mol. The molecule has 1 atom stereocenters. The first-order valence-electron chi connectivity index (χ1n) is 7.40. The fourth-order valence-corrected chi connectivity index (χ4v) is 3.23. The van der Waals surface area contributed by atoms with E-state index < -0.39 is 5.92 Å². The maximum atomic E-state index is 12.2. The molecule has 3 aromatic rings. The summed E-state index contributed by atoms with van der Waals surface area (Å²) in [5.41, 5.74) is 2.08. The molecular weight excluding hydrogens is 294 g/mol. The van der Waals surface area contributed by atoms with Crippen molar-refractivity contribution in [3.05, 3.63) is 47.7 Å². The molecule has 2 amide bonds. The summed E-state index contributed by atoms with van der Waals surface area (Å²) < 4.78 is 5.61. The summed E-state index contributed by atoms with van der Waals surface area (Å²) in [5.74, 6) is -0.921. The van der Waals surface area contributed by atoms with E-state index in [1.165, 1.54) is 0 Å².